The van der Waals surface area contributed by atoms with Gasteiger partial charge in [-0.1, -0.05) is 31.2 Å². The van der Waals surface area contributed by atoms with Gasteiger partial charge in [-0.3, -0.25) is 19.3 Å². The van der Waals surface area contributed by atoms with E-state index in [0.717, 1.165) is 10.3 Å². The second-order valence-corrected chi connectivity index (χ2v) is 8.34. The van der Waals surface area contributed by atoms with Gasteiger partial charge in [0.2, 0.25) is 5.91 Å². The summed E-state index contributed by atoms with van der Waals surface area (Å²) in [4.78, 5) is 53.2. The maximum atomic E-state index is 13.2. The quantitative estimate of drug-likeness (QED) is 0.574. The Balaban J connectivity index is 1.57. The number of hydrogen-bond acceptors (Lipinski definition) is 5. The standard InChI is InChI=1S/C23H20N2O6/c1-10-15(19(23(30)31)25-18(10)16(11(2)26)22(25)29)9-24-20(27)13-7-3-5-12-6-4-8-14(17(12)13)21(24)28/h3-8,10-11,16,18,26H,9H2,1-2H3,(H,30,31)/t10-,11+,16+,18+/m0/s1. The summed E-state index contributed by atoms with van der Waals surface area (Å²) < 4.78 is 0. The number of aliphatic hydroxyl groups is 1. The minimum atomic E-state index is -1.29. The number of aliphatic hydroxyl groups excluding tert-OH is 1. The molecule has 4 atom stereocenters. The smallest absolute Gasteiger partial charge is 0.352 e. The van der Waals surface area contributed by atoms with Gasteiger partial charge < -0.3 is 15.1 Å². The number of benzene rings is 2. The van der Waals surface area contributed by atoms with Crippen molar-refractivity contribution in [3.05, 3.63) is 58.8 Å². The molecule has 1 saturated heterocycles. The van der Waals surface area contributed by atoms with Crippen molar-refractivity contribution in [2.24, 2.45) is 11.8 Å². The van der Waals surface area contributed by atoms with Gasteiger partial charge in [-0.25, -0.2) is 4.79 Å². The summed E-state index contributed by atoms with van der Waals surface area (Å²) in [5, 5.41) is 21.2. The Kier molecular flexibility index (Phi) is 4.07. The number of carboxylic acid groups (broad SMARTS) is 1. The van der Waals surface area contributed by atoms with Crippen LogP contribution in [0.15, 0.2) is 47.7 Å². The largest absolute Gasteiger partial charge is 0.477 e. The average molecular weight is 420 g/mol. The highest BCUT2D eigenvalue weighted by Gasteiger charge is 2.60. The molecule has 3 aliphatic rings. The molecule has 0 spiro atoms. The molecule has 2 N–H and O–H groups in total. The van der Waals surface area contributed by atoms with Crippen LogP contribution in [0.1, 0.15) is 34.6 Å². The number of nitrogens with zero attached hydrogens (tertiary/aromatic N) is 2. The van der Waals surface area contributed by atoms with Crippen molar-refractivity contribution in [1.29, 1.82) is 0 Å². The first-order valence-electron chi connectivity index (χ1n) is 10.1. The highest BCUT2D eigenvalue weighted by molar-refractivity contribution is 6.25. The number of fused-ring (bicyclic) bond motifs is 1. The fourth-order valence-electron chi connectivity index (χ4n) is 5.25. The van der Waals surface area contributed by atoms with E-state index >= 15 is 0 Å². The Morgan fingerprint density at radius 3 is 2.16 bits per heavy atom. The number of hydrogen-bond donors (Lipinski definition) is 2. The molecule has 1 fully saturated rings. The van der Waals surface area contributed by atoms with Crippen molar-refractivity contribution >= 4 is 34.5 Å². The Hall–Kier alpha value is -3.52. The van der Waals surface area contributed by atoms with E-state index in [1.807, 2.05) is 12.1 Å². The molecule has 158 valence electrons. The van der Waals surface area contributed by atoms with E-state index in [2.05, 4.69) is 0 Å². The highest BCUT2D eigenvalue weighted by atomic mass is 16.4. The zero-order chi connectivity index (χ0) is 22.2. The molecule has 8 nitrogen and oxygen atoms in total. The summed E-state index contributed by atoms with van der Waals surface area (Å²) in [6.45, 7) is 3.04. The van der Waals surface area contributed by atoms with Gasteiger partial charge in [0.25, 0.3) is 11.8 Å². The average Bonchev–Trinajstić information content (AvgIpc) is 2.97. The van der Waals surface area contributed by atoms with Crippen molar-refractivity contribution in [2.75, 3.05) is 6.54 Å². The summed E-state index contributed by atoms with van der Waals surface area (Å²) in [6, 6.07) is 9.94. The number of carbonyl (C=O) groups is 4. The lowest BCUT2D eigenvalue weighted by Crippen LogP contribution is -2.63. The molecule has 3 heterocycles. The third kappa shape index (κ3) is 2.45. The number of rotatable bonds is 4. The molecule has 31 heavy (non-hydrogen) atoms. The summed E-state index contributed by atoms with van der Waals surface area (Å²) in [5.74, 6) is -3.86. The van der Waals surface area contributed by atoms with Crippen molar-refractivity contribution in [3.63, 3.8) is 0 Å². The lowest BCUT2D eigenvalue weighted by atomic mass is 9.77. The number of amides is 3. The summed E-state index contributed by atoms with van der Waals surface area (Å²) in [7, 11) is 0. The Bertz CT molecular complexity index is 1180. The van der Waals surface area contributed by atoms with Crippen molar-refractivity contribution in [1.82, 2.24) is 9.80 Å². The summed E-state index contributed by atoms with van der Waals surface area (Å²) in [6.07, 6.45) is -0.923. The van der Waals surface area contributed by atoms with E-state index in [0.29, 0.717) is 22.1 Å². The lowest BCUT2D eigenvalue weighted by molar-refractivity contribution is -0.163. The van der Waals surface area contributed by atoms with Crippen LogP contribution in [0.5, 0.6) is 0 Å². The van der Waals surface area contributed by atoms with Crippen LogP contribution in [0, 0.1) is 11.8 Å². The topological polar surface area (TPSA) is 115 Å². The van der Waals surface area contributed by atoms with Gasteiger partial charge in [0.1, 0.15) is 5.70 Å². The van der Waals surface area contributed by atoms with E-state index < -0.39 is 47.7 Å². The predicted molar refractivity (Wildman–Crippen MR) is 109 cm³/mol. The van der Waals surface area contributed by atoms with Crippen LogP contribution >= 0.6 is 0 Å². The molecular formula is C23H20N2O6. The van der Waals surface area contributed by atoms with Gasteiger partial charge >= 0.3 is 5.97 Å². The first kappa shape index (κ1) is 19.4. The van der Waals surface area contributed by atoms with Crippen molar-refractivity contribution < 1.29 is 29.4 Å². The molecule has 0 bridgehead atoms. The minimum Gasteiger partial charge on any atom is -0.477 e. The molecular weight excluding hydrogens is 400 g/mol. The fraction of sp³-hybridized carbons (Fsp3) is 0.304. The van der Waals surface area contributed by atoms with Crippen molar-refractivity contribution in [2.45, 2.75) is 26.0 Å². The van der Waals surface area contributed by atoms with Gasteiger partial charge in [-0.15, -0.1) is 0 Å². The number of carbonyl (C=O) groups excluding carboxylic acids is 3. The normalized spacial score (nSPS) is 25.8. The van der Waals surface area contributed by atoms with Gasteiger partial charge in [0, 0.05) is 22.4 Å². The molecule has 5 rings (SSSR count). The second-order valence-electron chi connectivity index (χ2n) is 8.34. The fourth-order valence-corrected chi connectivity index (χ4v) is 5.25. The van der Waals surface area contributed by atoms with Gasteiger partial charge in [0.05, 0.1) is 24.6 Å². The molecule has 0 saturated carbocycles. The Morgan fingerprint density at radius 1 is 1.06 bits per heavy atom. The number of imide groups is 1. The van der Waals surface area contributed by atoms with E-state index in [9.17, 15) is 29.4 Å². The van der Waals surface area contributed by atoms with Crippen LogP contribution in [0.3, 0.4) is 0 Å². The predicted octanol–water partition coefficient (Wildman–Crippen LogP) is 1.63. The second kappa shape index (κ2) is 6.49. The lowest BCUT2D eigenvalue weighted by Gasteiger charge is -2.46. The van der Waals surface area contributed by atoms with E-state index in [4.69, 9.17) is 0 Å². The Morgan fingerprint density at radius 2 is 1.65 bits per heavy atom. The highest BCUT2D eigenvalue weighted by Crippen LogP contribution is 2.47. The molecule has 0 aromatic heterocycles. The molecule has 2 aromatic carbocycles. The molecule has 3 aliphatic heterocycles. The van der Waals surface area contributed by atoms with E-state index in [-0.39, 0.29) is 12.2 Å². The van der Waals surface area contributed by atoms with Crippen LogP contribution in [0.4, 0.5) is 0 Å². The summed E-state index contributed by atoms with van der Waals surface area (Å²) in [5.41, 5.74) is 0.911. The number of aliphatic carboxylic acids is 1. The first-order chi connectivity index (χ1) is 14.7. The monoisotopic (exact) mass is 420 g/mol. The zero-order valence-electron chi connectivity index (χ0n) is 16.9. The molecule has 0 unspecified atom stereocenters. The zero-order valence-corrected chi connectivity index (χ0v) is 16.9. The van der Waals surface area contributed by atoms with Crippen LogP contribution in [0.25, 0.3) is 10.8 Å². The van der Waals surface area contributed by atoms with Crippen LogP contribution < -0.4 is 0 Å². The maximum Gasteiger partial charge on any atom is 0.352 e. The third-order valence-corrected chi connectivity index (χ3v) is 6.70. The molecule has 2 aromatic rings. The van der Waals surface area contributed by atoms with Crippen molar-refractivity contribution in [3.8, 4) is 0 Å². The maximum absolute atomic E-state index is 13.2. The van der Waals surface area contributed by atoms with Crippen LogP contribution in [0.2, 0.25) is 0 Å². The number of carboxylic acids is 1. The number of β-lactam (4-membered cyclic amide) rings is 1. The molecule has 0 radical (unpaired) electrons. The van der Waals surface area contributed by atoms with Crippen LogP contribution in [-0.2, 0) is 9.59 Å². The van der Waals surface area contributed by atoms with Crippen LogP contribution in [-0.4, -0.2) is 62.4 Å². The van der Waals surface area contributed by atoms with Gasteiger partial charge in [-0.2, -0.15) is 0 Å². The van der Waals surface area contributed by atoms with Gasteiger partial charge in [0.15, 0.2) is 0 Å². The molecule has 8 heteroatoms. The molecule has 0 aliphatic carbocycles. The first-order valence-corrected chi connectivity index (χ1v) is 10.1. The SMILES string of the molecule is C[C@@H](O)[C@H]1C(=O)N2C(C(=O)O)=C(CN3C(=O)c4cccc5cccc(c45)C3=O)[C@H](C)[C@H]12. The van der Waals surface area contributed by atoms with E-state index in [1.54, 1.807) is 31.2 Å². The van der Waals surface area contributed by atoms with Gasteiger partial charge in [-0.05, 0) is 30.0 Å². The summed E-state index contributed by atoms with van der Waals surface area (Å²) >= 11 is 0. The molecule has 3 amide bonds. The third-order valence-electron chi connectivity index (χ3n) is 6.70. The Labute approximate surface area is 177 Å². The van der Waals surface area contributed by atoms with E-state index in [1.165, 1.54) is 11.8 Å². The minimum absolute atomic E-state index is 0.197.